The fourth-order valence-electron chi connectivity index (χ4n) is 5.98. The molecular formula is C29H32Cl2F4N6O2. The van der Waals surface area contributed by atoms with Crippen molar-refractivity contribution < 1.29 is 17.6 Å². The maximum atomic E-state index is 14.3. The Bertz CT molecular complexity index is 1540. The molecule has 3 aromatic rings. The summed E-state index contributed by atoms with van der Waals surface area (Å²) in [5, 5.41) is 5.36. The number of aromatic nitrogens is 1. The van der Waals surface area contributed by atoms with Crippen LogP contribution in [0.4, 0.5) is 40.4 Å². The Kier molecular flexibility index (Phi) is 9.22. The summed E-state index contributed by atoms with van der Waals surface area (Å²) in [5.41, 5.74) is -1.66. The molecule has 2 saturated heterocycles. The van der Waals surface area contributed by atoms with Crippen LogP contribution in [0.1, 0.15) is 32.3 Å². The minimum Gasteiger partial charge on any atom is -0.371 e. The molecule has 43 heavy (non-hydrogen) atoms. The number of rotatable bonds is 8. The zero-order valence-electron chi connectivity index (χ0n) is 23.6. The molecule has 0 bridgehead atoms. The molecule has 0 spiro atoms. The van der Waals surface area contributed by atoms with Gasteiger partial charge in [-0.3, -0.25) is 19.4 Å². The molecular weight excluding hydrogens is 611 g/mol. The van der Waals surface area contributed by atoms with Crippen molar-refractivity contribution in [2.24, 2.45) is 0 Å². The molecule has 2 aliphatic heterocycles. The number of hydrogen-bond acceptors (Lipinski definition) is 8. The van der Waals surface area contributed by atoms with Crippen LogP contribution in [0.2, 0.25) is 10.0 Å². The molecule has 0 aliphatic carbocycles. The highest BCUT2D eigenvalue weighted by molar-refractivity contribution is 6.33. The van der Waals surface area contributed by atoms with Crippen LogP contribution in [0.3, 0.4) is 0 Å². The summed E-state index contributed by atoms with van der Waals surface area (Å²) in [7, 11) is 0. The molecule has 1 aromatic heterocycles. The molecule has 5 rings (SSSR count). The quantitative estimate of drug-likeness (QED) is 0.250. The second-order valence-electron chi connectivity index (χ2n) is 11.3. The fraction of sp³-hybridized carbons (Fsp3) is 0.483. The first kappa shape index (κ1) is 31.5. The molecule has 8 nitrogen and oxygen atoms in total. The first-order valence-electron chi connectivity index (χ1n) is 14.1. The molecule has 0 amide bonds. The van der Waals surface area contributed by atoms with Crippen molar-refractivity contribution in [3.05, 3.63) is 72.3 Å². The van der Waals surface area contributed by atoms with Crippen LogP contribution in [-0.4, -0.2) is 71.8 Å². The van der Waals surface area contributed by atoms with Gasteiger partial charge in [-0.1, -0.05) is 29.3 Å². The van der Waals surface area contributed by atoms with E-state index in [2.05, 4.69) is 38.8 Å². The largest absolute Gasteiger partial charge is 0.405 e. The van der Waals surface area contributed by atoms with Crippen molar-refractivity contribution in [3.8, 4) is 0 Å². The molecule has 232 valence electrons. The van der Waals surface area contributed by atoms with Crippen molar-refractivity contribution >= 4 is 46.1 Å². The summed E-state index contributed by atoms with van der Waals surface area (Å²) in [6.07, 6.45) is -1.16. The number of nitrogens with one attached hydrogen (secondary N) is 2. The Balaban J connectivity index is 1.18. The smallest absolute Gasteiger partial charge is 0.371 e. The number of pyridine rings is 1. The molecule has 3 heterocycles. The number of piperazine rings is 1. The standard InChI is InChI=1S/C29H32Cl2F4N6O2/c1-16-13-41(17(2)12-40(16)21-5-7-39(8-6-21)14-18-3-4-19(30)9-23(18)32)28-22(31)10-20(11-36-28)38-25-24(26(42)27(25)43)37-15-29(33,34)35/h3-4,9-11,16-17,21,37-38H,5-8,12-15H2,1-2H3/t16-,17+/m0/s1. The van der Waals surface area contributed by atoms with Crippen molar-refractivity contribution in [1.82, 2.24) is 14.8 Å². The third-order valence-electron chi connectivity index (χ3n) is 8.21. The van der Waals surface area contributed by atoms with E-state index in [0.717, 1.165) is 32.5 Å². The van der Waals surface area contributed by atoms with E-state index in [-0.39, 0.29) is 29.3 Å². The second kappa shape index (κ2) is 12.6. The van der Waals surface area contributed by atoms with Gasteiger partial charge in [0.1, 0.15) is 29.6 Å². The molecule has 0 unspecified atom stereocenters. The maximum absolute atomic E-state index is 14.3. The monoisotopic (exact) mass is 642 g/mol. The number of hydrogen-bond donors (Lipinski definition) is 2. The van der Waals surface area contributed by atoms with Gasteiger partial charge in [0, 0.05) is 48.3 Å². The van der Waals surface area contributed by atoms with E-state index >= 15 is 0 Å². The minimum absolute atomic E-state index is 0.0907. The molecule has 2 atom stereocenters. The number of halogens is 6. The second-order valence-corrected chi connectivity index (χ2v) is 12.2. The molecule has 14 heteroatoms. The van der Waals surface area contributed by atoms with Crippen LogP contribution in [0.25, 0.3) is 0 Å². The highest BCUT2D eigenvalue weighted by Gasteiger charge is 2.36. The van der Waals surface area contributed by atoms with Gasteiger partial charge < -0.3 is 15.5 Å². The summed E-state index contributed by atoms with van der Waals surface area (Å²) in [6.45, 7) is 6.60. The maximum Gasteiger partial charge on any atom is 0.405 e. The van der Waals surface area contributed by atoms with Crippen LogP contribution in [0.5, 0.6) is 0 Å². The highest BCUT2D eigenvalue weighted by atomic mass is 35.5. The van der Waals surface area contributed by atoms with Gasteiger partial charge in [-0.25, -0.2) is 9.37 Å². The van der Waals surface area contributed by atoms with E-state index in [1.165, 1.54) is 18.3 Å². The molecule has 0 saturated carbocycles. The van der Waals surface area contributed by atoms with Crippen LogP contribution < -0.4 is 26.4 Å². The van der Waals surface area contributed by atoms with Crippen molar-refractivity contribution in [3.63, 3.8) is 0 Å². The lowest BCUT2D eigenvalue weighted by molar-refractivity contribution is -0.115. The van der Waals surface area contributed by atoms with E-state index in [1.807, 2.05) is 5.32 Å². The van der Waals surface area contributed by atoms with Crippen LogP contribution in [0.15, 0.2) is 40.1 Å². The lowest BCUT2D eigenvalue weighted by Crippen LogP contribution is -2.61. The zero-order valence-corrected chi connectivity index (χ0v) is 25.2. The van der Waals surface area contributed by atoms with Gasteiger partial charge in [-0.2, -0.15) is 13.2 Å². The van der Waals surface area contributed by atoms with Gasteiger partial charge in [-0.15, -0.1) is 0 Å². The lowest BCUT2D eigenvalue weighted by Gasteiger charge is -2.49. The third kappa shape index (κ3) is 7.08. The Hall–Kier alpha value is -2.93. The Labute approximate surface area is 256 Å². The van der Waals surface area contributed by atoms with Gasteiger partial charge >= 0.3 is 6.18 Å². The van der Waals surface area contributed by atoms with Gasteiger partial charge in [0.15, 0.2) is 0 Å². The Morgan fingerprint density at radius 2 is 1.70 bits per heavy atom. The molecule has 2 N–H and O–H groups in total. The van der Waals surface area contributed by atoms with Gasteiger partial charge in [0.2, 0.25) is 0 Å². The third-order valence-corrected chi connectivity index (χ3v) is 8.72. The summed E-state index contributed by atoms with van der Waals surface area (Å²) in [4.78, 5) is 35.2. The number of likely N-dealkylation sites (tertiary alicyclic amines) is 1. The summed E-state index contributed by atoms with van der Waals surface area (Å²) < 4.78 is 52.0. The number of nitrogens with zero attached hydrogens (tertiary/aromatic N) is 4. The average molecular weight is 644 g/mol. The first-order valence-corrected chi connectivity index (χ1v) is 14.8. The van der Waals surface area contributed by atoms with Crippen LogP contribution in [0, 0.1) is 5.82 Å². The molecule has 2 aliphatic rings. The number of alkyl halides is 3. The topological polar surface area (TPSA) is 80.8 Å². The predicted molar refractivity (Wildman–Crippen MR) is 161 cm³/mol. The molecule has 2 fully saturated rings. The number of benzene rings is 1. The number of anilines is 4. The number of piperidine rings is 1. The van der Waals surface area contributed by atoms with Gasteiger partial charge in [0.25, 0.3) is 10.9 Å². The van der Waals surface area contributed by atoms with E-state index in [4.69, 9.17) is 23.2 Å². The Morgan fingerprint density at radius 1 is 1.00 bits per heavy atom. The molecule has 0 radical (unpaired) electrons. The SMILES string of the molecule is C[C@@H]1CN(C2CCN(Cc3ccc(Cl)cc3F)CC2)[C@@H](C)CN1c1ncc(Nc2c(NCC(F)(F)F)c(=O)c2=O)cc1Cl. The van der Waals surface area contributed by atoms with Crippen LogP contribution in [-0.2, 0) is 6.54 Å². The Morgan fingerprint density at radius 3 is 2.35 bits per heavy atom. The predicted octanol–water partition coefficient (Wildman–Crippen LogP) is 5.40. The minimum atomic E-state index is -4.54. The van der Waals surface area contributed by atoms with Gasteiger partial charge in [0.05, 0.1) is 16.9 Å². The van der Waals surface area contributed by atoms with Gasteiger partial charge in [-0.05, 0) is 58.0 Å². The molecule has 2 aromatic carbocycles. The van der Waals surface area contributed by atoms with E-state index in [9.17, 15) is 27.2 Å². The highest BCUT2D eigenvalue weighted by Crippen LogP contribution is 2.33. The van der Waals surface area contributed by atoms with Crippen molar-refractivity contribution in [2.45, 2.75) is 57.5 Å². The van der Waals surface area contributed by atoms with Crippen molar-refractivity contribution in [2.75, 3.05) is 48.3 Å². The zero-order chi connectivity index (χ0) is 31.1. The summed E-state index contributed by atoms with van der Waals surface area (Å²) >= 11 is 12.5. The van der Waals surface area contributed by atoms with E-state index < -0.39 is 29.3 Å². The van der Waals surface area contributed by atoms with E-state index in [1.54, 1.807) is 12.1 Å². The first-order chi connectivity index (χ1) is 20.3. The fourth-order valence-corrected chi connectivity index (χ4v) is 6.41. The normalized spacial score (nSPS) is 21.0. The lowest BCUT2D eigenvalue weighted by atomic mass is 9.97. The van der Waals surface area contributed by atoms with Crippen molar-refractivity contribution in [1.29, 1.82) is 0 Å². The average Bonchev–Trinajstić information content (AvgIpc) is 2.95. The van der Waals surface area contributed by atoms with Crippen LogP contribution >= 0.6 is 23.2 Å². The summed E-state index contributed by atoms with van der Waals surface area (Å²) in [5.74, 6) is 0.280. The van der Waals surface area contributed by atoms with E-state index in [0.29, 0.717) is 40.6 Å². The summed E-state index contributed by atoms with van der Waals surface area (Å²) in [6, 6.07) is 7.05.